The Morgan fingerprint density at radius 3 is 2.65 bits per heavy atom. The molecule has 0 fully saturated rings. The van der Waals surface area contributed by atoms with E-state index in [9.17, 15) is 5.11 Å². The summed E-state index contributed by atoms with van der Waals surface area (Å²) in [6.45, 7) is 1.97. The average molecular weight is 268 g/mol. The molecule has 0 aliphatic carbocycles. The van der Waals surface area contributed by atoms with Gasteiger partial charge in [-0.25, -0.2) is 0 Å². The van der Waals surface area contributed by atoms with E-state index in [0.717, 1.165) is 11.1 Å². The number of aliphatic hydroxyl groups is 1. The van der Waals surface area contributed by atoms with Crippen LogP contribution in [0.25, 0.3) is 0 Å². The Labute approximate surface area is 110 Å². The molecule has 1 N–H and O–H groups in total. The molecule has 0 saturated heterocycles. The Kier molecular flexibility index (Phi) is 3.67. The summed E-state index contributed by atoms with van der Waals surface area (Å²) in [6.07, 6.45) is 0.640. The highest BCUT2D eigenvalue weighted by atomic mass is 35.5. The third-order valence-electron chi connectivity index (χ3n) is 2.45. The third kappa shape index (κ3) is 2.78. The van der Waals surface area contributed by atoms with Gasteiger partial charge in [0, 0.05) is 6.20 Å². The van der Waals surface area contributed by atoms with Crippen molar-refractivity contribution in [1.29, 1.82) is 0 Å². The Balaban J connectivity index is 2.40. The molecule has 0 aliphatic rings. The summed E-state index contributed by atoms with van der Waals surface area (Å²) in [5.41, 5.74) is 2.26. The maximum Gasteiger partial charge on any atom is 0.122 e. The van der Waals surface area contributed by atoms with Gasteiger partial charge in [0.15, 0.2) is 0 Å². The summed E-state index contributed by atoms with van der Waals surface area (Å²) in [5, 5.41) is 11.0. The molecule has 1 heterocycles. The molecule has 17 heavy (non-hydrogen) atoms. The van der Waals surface area contributed by atoms with Crippen LogP contribution in [0.5, 0.6) is 0 Å². The number of nitrogens with zero attached hydrogens (tertiary/aromatic N) is 1. The van der Waals surface area contributed by atoms with Crippen LogP contribution in [0.2, 0.25) is 10.0 Å². The van der Waals surface area contributed by atoms with Crippen molar-refractivity contribution in [2.45, 2.75) is 13.0 Å². The van der Waals surface area contributed by atoms with E-state index in [4.69, 9.17) is 23.2 Å². The van der Waals surface area contributed by atoms with E-state index in [1.54, 1.807) is 6.07 Å². The highest BCUT2D eigenvalue weighted by molar-refractivity contribution is 6.34. The van der Waals surface area contributed by atoms with E-state index in [1.807, 2.05) is 31.2 Å². The van der Waals surface area contributed by atoms with E-state index in [-0.39, 0.29) is 0 Å². The number of rotatable bonds is 2. The van der Waals surface area contributed by atoms with Crippen molar-refractivity contribution in [1.82, 2.24) is 4.98 Å². The summed E-state index contributed by atoms with van der Waals surface area (Å²) >= 11 is 11.8. The molecule has 1 aromatic heterocycles. The highest BCUT2D eigenvalue weighted by Crippen LogP contribution is 2.28. The molecule has 0 bridgehead atoms. The number of halogens is 2. The summed E-state index contributed by atoms with van der Waals surface area (Å²) in [5.74, 6) is 0. The van der Waals surface area contributed by atoms with Crippen molar-refractivity contribution in [2.75, 3.05) is 0 Å². The quantitative estimate of drug-likeness (QED) is 0.899. The smallest absolute Gasteiger partial charge is 0.122 e. The normalized spacial score (nSPS) is 12.5. The molecule has 4 heteroatoms. The van der Waals surface area contributed by atoms with Gasteiger partial charge in [0.1, 0.15) is 6.10 Å². The predicted octanol–water partition coefficient (Wildman–Crippen LogP) is 3.78. The van der Waals surface area contributed by atoms with Gasteiger partial charge in [-0.1, -0.05) is 53.0 Å². The lowest BCUT2D eigenvalue weighted by Crippen LogP contribution is -2.03. The summed E-state index contributed by atoms with van der Waals surface area (Å²) in [4.78, 5) is 4.07. The van der Waals surface area contributed by atoms with Crippen LogP contribution in [0.1, 0.15) is 22.9 Å². The average Bonchev–Trinajstić information content (AvgIpc) is 2.28. The number of pyridine rings is 1. The Morgan fingerprint density at radius 1 is 1.24 bits per heavy atom. The van der Waals surface area contributed by atoms with Crippen LogP contribution in [0.4, 0.5) is 0 Å². The lowest BCUT2D eigenvalue weighted by Gasteiger charge is -2.12. The number of hydrogen-bond acceptors (Lipinski definition) is 2. The molecule has 0 aliphatic heterocycles. The molecular formula is C13H11Cl2NO. The minimum atomic E-state index is -0.834. The zero-order valence-corrected chi connectivity index (χ0v) is 10.7. The number of benzene rings is 1. The first-order valence-electron chi connectivity index (χ1n) is 5.13. The van der Waals surface area contributed by atoms with Crippen LogP contribution in [0.15, 0.2) is 36.5 Å². The third-order valence-corrected chi connectivity index (χ3v) is 2.96. The molecule has 0 radical (unpaired) electrons. The molecular weight excluding hydrogens is 257 g/mol. The fourth-order valence-electron chi connectivity index (χ4n) is 1.62. The molecule has 2 nitrogen and oxygen atoms in total. The first-order chi connectivity index (χ1) is 8.08. The summed E-state index contributed by atoms with van der Waals surface area (Å²) in [6, 6.07) is 9.16. The van der Waals surface area contributed by atoms with Crippen LogP contribution < -0.4 is 0 Å². The zero-order valence-electron chi connectivity index (χ0n) is 9.19. The maximum absolute atomic E-state index is 10.2. The number of aliphatic hydroxyl groups excluding tert-OH is 1. The van der Waals surface area contributed by atoms with E-state index >= 15 is 0 Å². The van der Waals surface area contributed by atoms with E-state index in [1.165, 1.54) is 6.20 Å². The molecule has 1 atom stereocenters. The van der Waals surface area contributed by atoms with Gasteiger partial charge in [0.2, 0.25) is 0 Å². The lowest BCUT2D eigenvalue weighted by molar-refractivity contribution is 0.215. The zero-order chi connectivity index (χ0) is 12.4. The molecule has 2 aromatic rings. The molecule has 88 valence electrons. The van der Waals surface area contributed by atoms with Crippen LogP contribution in [-0.2, 0) is 0 Å². The van der Waals surface area contributed by atoms with Crippen LogP contribution >= 0.6 is 23.2 Å². The van der Waals surface area contributed by atoms with E-state index in [2.05, 4.69) is 4.98 Å². The van der Waals surface area contributed by atoms with Gasteiger partial charge in [-0.15, -0.1) is 0 Å². The summed E-state index contributed by atoms with van der Waals surface area (Å²) in [7, 11) is 0. The molecule has 0 spiro atoms. The number of aromatic nitrogens is 1. The van der Waals surface area contributed by atoms with Gasteiger partial charge in [0.05, 0.1) is 15.7 Å². The second-order valence-electron chi connectivity index (χ2n) is 3.84. The Hall–Kier alpha value is -1.09. The maximum atomic E-state index is 10.2. The number of hydrogen-bond donors (Lipinski definition) is 1. The Bertz CT molecular complexity index is 543. The van der Waals surface area contributed by atoms with Gasteiger partial charge in [-0.2, -0.15) is 0 Å². The van der Waals surface area contributed by atoms with Crippen molar-refractivity contribution in [3.63, 3.8) is 0 Å². The molecule has 1 aromatic carbocycles. The molecule has 0 saturated carbocycles. The monoisotopic (exact) mass is 267 g/mol. The fraction of sp³-hybridized carbons (Fsp3) is 0.154. The molecule has 0 amide bonds. The van der Waals surface area contributed by atoms with Gasteiger partial charge < -0.3 is 5.11 Å². The van der Waals surface area contributed by atoms with Crippen molar-refractivity contribution in [2.24, 2.45) is 0 Å². The van der Waals surface area contributed by atoms with Crippen LogP contribution in [-0.4, -0.2) is 10.1 Å². The van der Waals surface area contributed by atoms with Gasteiger partial charge in [-0.3, -0.25) is 4.98 Å². The predicted molar refractivity (Wildman–Crippen MR) is 69.5 cm³/mol. The Morgan fingerprint density at radius 2 is 2.00 bits per heavy atom. The highest BCUT2D eigenvalue weighted by Gasteiger charge is 2.15. The largest absolute Gasteiger partial charge is 0.382 e. The first kappa shape index (κ1) is 12.4. The van der Waals surface area contributed by atoms with Crippen molar-refractivity contribution >= 4 is 23.2 Å². The topological polar surface area (TPSA) is 33.1 Å². The second kappa shape index (κ2) is 5.05. The van der Waals surface area contributed by atoms with Gasteiger partial charge in [0.25, 0.3) is 0 Å². The summed E-state index contributed by atoms with van der Waals surface area (Å²) < 4.78 is 0. The SMILES string of the molecule is Cc1cccc(C(O)c2ncc(Cl)cc2Cl)c1. The van der Waals surface area contributed by atoms with E-state index in [0.29, 0.717) is 15.7 Å². The van der Waals surface area contributed by atoms with Gasteiger partial charge in [-0.05, 0) is 18.6 Å². The minimum Gasteiger partial charge on any atom is -0.382 e. The van der Waals surface area contributed by atoms with Crippen molar-refractivity contribution in [3.05, 3.63) is 63.4 Å². The lowest BCUT2D eigenvalue weighted by atomic mass is 10.0. The van der Waals surface area contributed by atoms with Gasteiger partial charge >= 0.3 is 0 Å². The first-order valence-corrected chi connectivity index (χ1v) is 5.89. The van der Waals surface area contributed by atoms with Crippen LogP contribution in [0.3, 0.4) is 0 Å². The molecule has 2 rings (SSSR count). The number of aryl methyl sites for hydroxylation is 1. The van der Waals surface area contributed by atoms with Crippen molar-refractivity contribution in [3.8, 4) is 0 Å². The second-order valence-corrected chi connectivity index (χ2v) is 4.68. The molecule has 1 unspecified atom stereocenters. The minimum absolute atomic E-state index is 0.367. The fourth-order valence-corrected chi connectivity index (χ4v) is 2.11. The standard InChI is InChI=1S/C13H11Cl2NO/c1-8-3-2-4-9(5-8)13(17)12-11(15)6-10(14)7-16-12/h2-7,13,17H,1H3. The van der Waals surface area contributed by atoms with E-state index < -0.39 is 6.10 Å². The van der Waals surface area contributed by atoms with Crippen molar-refractivity contribution < 1.29 is 5.11 Å². The van der Waals surface area contributed by atoms with Crippen LogP contribution in [0, 0.1) is 6.92 Å².